The summed E-state index contributed by atoms with van der Waals surface area (Å²) in [5, 5.41) is 8.51. The number of aryl methyl sites for hydroxylation is 1. The third-order valence-electron chi connectivity index (χ3n) is 4.01. The summed E-state index contributed by atoms with van der Waals surface area (Å²) in [7, 11) is 3.95. The Labute approximate surface area is 135 Å². The van der Waals surface area contributed by atoms with Gasteiger partial charge >= 0.3 is 0 Å². The van der Waals surface area contributed by atoms with E-state index < -0.39 is 0 Å². The van der Waals surface area contributed by atoms with Crippen molar-refractivity contribution in [2.24, 2.45) is 7.05 Å². The fourth-order valence-corrected chi connectivity index (χ4v) is 2.65. The van der Waals surface area contributed by atoms with Gasteiger partial charge in [0.05, 0.1) is 11.9 Å². The van der Waals surface area contributed by atoms with Crippen LogP contribution in [-0.2, 0) is 20.1 Å². The van der Waals surface area contributed by atoms with Crippen molar-refractivity contribution in [2.45, 2.75) is 20.0 Å². The van der Waals surface area contributed by atoms with Crippen LogP contribution in [0.2, 0.25) is 0 Å². The van der Waals surface area contributed by atoms with Gasteiger partial charge in [0.25, 0.3) is 0 Å². The summed E-state index contributed by atoms with van der Waals surface area (Å²) in [4.78, 5) is 2.14. The summed E-state index contributed by atoms with van der Waals surface area (Å²) < 4.78 is 17.3. The van der Waals surface area contributed by atoms with E-state index in [-0.39, 0.29) is 5.82 Å². The standard InChI is InChI=1S/C17H20FN5/c1-13-15(10-20-22(13)3)12-21(2)11-14-9-16(18)5-6-17(14)23-8-4-7-19-23/h4-10H,11-12H2,1-3H3. The third kappa shape index (κ3) is 3.32. The monoisotopic (exact) mass is 313 g/mol. The minimum absolute atomic E-state index is 0.234. The number of aromatic nitrogens is 4. The number of rotatable bonds is 5. The Kier molecular flexibility index (Phi) is 4.25. The van der Waals surface area contributed by atoms with Gasteiger partial charge in [0.1, 0.15) is 5.82 Å². The number of benzene rings is 1. The molecule has 0 amide bonds. The molecule has 120 valence electrons. The highest BCUT2D eigenvalue weighted by molar-refractivity contribution is 5.40. The Morgan fingerprint density at radius 3 is 2.61 bits per heavy atom. The third-order valence-corrected chi connectivity index (χ3v) is 4.01. The lowest BCUT2D eigenvalue weighted by Crippen LogP contribution is -2.19. The van der Waals surface area contributed by atoms with Crippen molar-refractivity contribution in [1.29, 1.82) is 0 Å². The maximum Gasteiger partial charge on any atom is 0.123 e. The van der Waals surface area contributed by atoms with Crippen molar-refractivity contribution in [3.63, 3.8) is 0 Å². The lowest BCUT2D eigenvalue weighted by atomic mass is 10.1. The van der Waals surface area contributed by atoms with Crippen molar-refractivity contribution >= 4 is 0 Å². The SMILES string of the molecule is Cc1c(CN(C)Cc2cc(F)ccc2-n2cccn2)cnn1C. The smallest absolute Gasteiger partial charge is 0.123 e. The molecule has 0 bridgehead atoms. The fraction of sp³-hybridized carbons (Fsp3) is 0.294. The summed E-state index contributed by atoms with van der Waals surface area (Å²) in [6, 6.07) is 6.66. The molecule has 2 heterocycles. The van der Waals surface area contributed by atoms with Gasteiger partial charge in [-0.25, -0.2) is 9.07 Å². The Bertz CT molecular complexity index is 791. The summed E-state index contributed by atoms with van der Waals surface area (Å²) in [6.45, 7) is 3.43. The van der Waals surface area contributed by atoms with Gasteiger partial charge < -0.3 is 0 Å². The van der Waals surface area contributed by atoms with Gasteiger partial charge in [0.2, 0.25) is 0 Å². The highest BCUT2D eigenvalue weighted by atomic mass is 19.1. The van der Waals surface area contributed by atoms with Crippen LogP contribution in [0.3, 0.4) is 0 Å². The molecule has 5 nitrogen and oxygen atoms in total. The van der Waals surface area contributed by atoms with Crippen LogP contribution in [0.15, 0.2) is 42.9 Å². The highest BCUT2D eigenvalue weighted by Crippen LogP contribution is 2.18. The van der Waals surface area contributed by atoms with Gasteiger partial charge in [0, 0.05) is 43.8 Å². The van der Waals surface area contributed by atoms with Crippen LogP contribution < -0.4 is 0 Å². The summed E-state index contributed by atoms with van der Waals surface area (Å²) >= 11 is 0. The largest absolute Gasteiger partial charge is 0.298 e. The first kappa shape index (κ1) is 15.4. The van der Waals surface area contributed by atoms with E-state index >= 15 is 0 Å². The summed E-state index contributed by atoms with van der Waals surface area (Å²) in [5.41, 5.74) is 4.11. The second kappa shape index (κ2) is 6.34. The molecule has 0 radical (unpaired) electrons. The van der Waals surface area contributed by atoms with Gasteiger partial charge in [-0.15, -0.1) is 0 Å². The lowest BCUT2D eigenvalue weighted by Gasteiger charge is -2.19. The topological polar surface area (TPSA) is 38.9 Å². The first-order valence-electron chi connectivity index (χ1n) is 7.49. The fourth-order valence-electron chi connectivity index (χ4n) is 2.65. The minimum atomic E-state index is -0.234. The molecule has 0 aliphatic rings. The van der Waals surface area contributed by atoms with Crippen molar-refractivity contribution in [2.75, 3.05) is 7.05 Å². The molecule has 0 N–H and O–H groups in total. The van der Waals surface area contributed by atoms with Crippen molar-refractivity contribution in [3.8, 4) is 5.69 Å². The number of nitrogens with zero attached hydrogens (tertiary/aromatic N) is 5. The van der Waals surface area contributed by atoms with E-state index in [2.05, 4.69) is 15.1 Å². The van der Waals surface area contributed by atoms with Crippen LogP contribution in [0.25, 0.3) is 5.69 Å². The molecule has 0 saturated heterocycles. The quantitative estimate of drug-likeness (QED) is 0.727. The zero-order valence-electron chi connectivity index (χ0n) is 13.6. The van der Waals surface area contributed by atoms with E-state index in [0.717, 1.165) is 23.5 Å². The van der Waals surface area contributed by atoms with E-state index in [4.69, 9.17) is 0 Å². The van der Waals surface area contributed by atoms with Gasteiger partial charge in [-0.3, -0.25) is 9.58 Å². The molecule has 0 fully saturated rings. The van der Waals surface area contributed by atoms with Gasteiger partial charge in [-0.05, 0) is 43.8 Å². The van der Waals surface area contributed by atoms with Gasteiger partial charge in [-0.1, -0.05) is 0 Å². The molecule has 0 spiro atoms. The molecule has 1 aromatic carbocycles. The molecular formula is C17H20FN5. The van der Waals surface area contributed by atoms with Crippen LogP contribution in [0, 0.1) is 12.7 Å². The molecule has 0 atom stereocenters. The molecule has 2 aromatic heterocycles. The predicted molar refractivity (Wildman–Crippen MR) is 86.6 cm³/mol. The first-order valence-corrected chi connectivity index (χ1v) is 7.49. The Hall–Kier alpha value is -2.47. The number of halogens is 1. The summed E-state index contributed by atoms with van der Waals surface area (Å²) in [5.74, 6) is -0.234. The van der Waals surface area contributed by atoms with E-state index in [0.29, 0.717) is 6.54 Å². The zero-order valence-corrected chi connectivity index (χ0v) is 13.6. The maximum atomic E-state index is 13.7. The molecule has 0 aliphatic heterocycles. The van der Waals surface area contributed by atoms with Crippen molar-refractivity contribution in [3.05, 3.63) is 65.5 Å². The number of hydrogen-bond donors (Lipinski definition) is 0. The van der Waals surface area contributed by atoms with Gasteiger partial charge in [0.15, 0.2) is 0 Å². The second-order valence-corrected chi connectivity index (χ2v) is 5.77. The summed E-state index contributed by atoms with van der Waals surface area (Å²) in [6.07, 6.45) is 5.46. The van der Waals surface area contributed by atoms with Crippen LogP contribution in [0.5, 0.6) is 0 Å². The van der Waals surface area contributed by atoms with Crippen LogP contribution in [0.4, 0.5) is 4.39 Å². The van der Waals surface area contributed by atoms with Crippen LogP contribution in [-0.4, -0.2) is 31.5 Å². The molecule has 23 heavy (non-hydrogen) atoms. The average molecular weight is 313 g/mol. The van der Waals surface area contributed by atoms with E-state index in [1.165, 1.54) is 11.6 Å². The Balaban J connectivity index is 1.82. The molecule has 3 rings (SSSR count). The minimum Gasteiger partial charge on any atom is -0.298 e. The molecular weight excluding hydrogens is 293 g/mol. The van der Waals surface area contributed by atoms with E-state index in [1.54, 1.807) is 23.0 Å². The molecule has 0 aliphatic carbocycles. The Morgan fingerprint density at radius 1 is 1.17 bits per heavy atom. The maximum absolute atomic E-state index is 13.7. The molecule has 6 heteroatoms. The zero-order chi connectivity index (χ0) is 16.4. The van der Waals surface area contributed by atoms with Gasteiger partial charge in [-0.2, -0.15) is 10.2 Å². The predicted octanol–water partition coefficient (Wildman–Crippen LogP) is 2.69. The Morgan fingerprint density at radius 2 is 1.96 bits per heavy atom. The first-order chi connectivity index (χ1) is 11.0. The number of hydrogen-bond acceptors (Lipinski definition) is 3. The molecule has 3 aromatic rings. The lowest BCUT2D eigenvalue weighted by molar-refractivity contribution is 0.317. The average Bonchev–Trinajstić information content (AvgIpc) is 3.13. The molecule has 0 unspecified atom stereocenters. The van der Waals surface area contributed by atoms with Crippen LogP contribution in [0.1, 0.15) is 16.8 Å². The molecule has 0 saturated carbocycles. The normalized spacial score (nSPS) is 11.3. The van der Waals surface area contributed by atoms with Crippen molar-refractivity contribution in [1.82, 2.24) is 24.5 Å². The highest BCUT2D eigenvalue weighted by Gasteiger charge is 2.12. The van der Waals surface area contributed by atoms with E-state index in [1.807, 2.05) is 44.2 Å². The van der Waals surface area contributed by atoms with E-state index in [9.17, 15) is 4.39 Å². The van der Waals surface area contributed by atoms with Crippen LogP contribution >= 0.6 is 0 Å². The van der Waals surface area contributed by atoms with Crippen molar-refractivity contribution < 1.29 is 4.39 Å². The second-order valence-electron chi connectivity index (χ2n) is 5.77.